The van der Waals surface area contributed by atoms with Crippen LogP contribution in [0.5, 0.6) is 0 Å². The minimum absolute atomic E-state index is 0.0834. The molecule has 0 heterocycles. The van der Waals surface area contributed by atoms with E-state index in [4.69, 9.17) is 0 Å². The molecular formula is C12H15F5N2. The lowest BCUT2D eigenvalue weighted by molar-refractivity contribution is 0.315. The maximum absolute atomic E-state index is 13.3. The van der Waals surface area contributed by atoms with Gasteiger partial charge in [0.2, 0.25) is 5.82 Å². The number of hydrogen-bond acceptors (Lipinski definition) is 2. The number of likely N-dealkylation sites (N-methyl/N-ethyl adjacent to an activating group) is 1. The SMILES string of the molecule is CCN(CC)CCNc1c(F)c(F)c(F)c(F)c1F. The van der Waals surface area contributed by atoms with Crippen LogP contribution < -0.4 is 5.32 Å². The van der Waals surface area contributed by atoms with Gasteiger partial charge in [0.25, 0.3) is 0 Å². The van der Waals surface area contributed by atoms with E-state index in [0.717, 1.165) is 13.1 Å². The van der Waals surface area contributed by atoms with Gasteiger partial charge < -0.3 is 10.2 Å². The number of halogens is 5. The van der Waals surface area contributed by atoms with Gasteiger partial charge in [-0.2, -0.15) is 0 Å². The Balaban J connectivity index is 2.85. The van der Waals surface area contributed by atoms with Gasteiger partial charge in [-0.1, -0.05) is 13.8 Å². The van der Waals surface area contributed by atoms with E-state index in [1.54, 1.807) is 0 Å². The van der Waals surface area contributed by atoms with E-state index in [1.165, 1.54) is 0 Å². The Morgan fingerprint density at radius 1 is 0.789 bits per heavy atom. The molecule has 0 unspecified atom stereocenters. The van der Waals surface area contributed by atoms with Gasteiger partial charge in [-0.3, -0.25) is 0 Å². The normalized spacial score (nSPS) is 11.2. The van der Waals surface area contributed by atoms with Crippen molar-refractivity contribution in [2.45, 2.75) is 13.8 Å². The molecule has 2 nitrogen and oxygen atoms in total. The van der Waals surface area contributed by atoms with Crippen LogP contribution in [-0.4, -0.2) is 31.1 Å². The van der Waals surface area contributed by atoms with Crippen LogP contribution in [0, 0.1) is 29.1 Å². The van der Waals surface area contributed by atoms with Crippen LogP contribution in [0.2, 0.25) is 0 Å². The van der Waals surface area contributed by atoms with E-state index < -0.39 is 34.8 Å². The number of benzene rings is 1. The van der Waals surface area contributed by atoms with Crippen LogP contribution in [0.1, 0.15) is 13.8 Å². The highest BCUT2D eigenvalue weighted by Gasteiger charge is 2.25. The summed E-state index contributed by atoms with van der Waals surface area (Å²) >= 11 is 0. The van der Waals surface area contributed by atoms with Crippen LogP contribution >= 0.6 is 0 Å². The molecule has 0 spiro atoms. The quantitative estimate of drug-likeness (QED) is 0.490. The van der Waals surface area contributed by atoms with Crippen molar-refractivity contribution in [1.29, 1.82) is 0 Å². The van der Waals surface area contributed by atoms with Gasteiger partial charge in [0.1, 0.15) is 5.69 Å². The van der Waals surface area contributed by atoms with Gasteiger partial charge in [0.15, 0.2) is 23.3 Å². The molecule has 0 saturated heterocycles. The summed E-state index contributed by atoms with van der Waals surface area (Å²) in [5, 5.41) is 2.25. The second-order valence-electron chi connectivity index (χ2n) is 3.90. The molecule has 0 aliphatic rings. The fourth-order valence-electron chi connectivity index (χ4n) is 1.64. The van der Waals surface area contributed by atoms with Gasteiger partial charge in [-0.15, -0.1) is 0 Å². The monoisotopic (exact) mass is 282 g/mol. The van der Waals surface area contributed by atoms with E-state index in [0.29, 0.717) is 6.54 Å². The molecule has 0 fully saturated rings. The topological polar surface area (TPSA) is 15.3 Å². The average molecular weight is 282 g/mol. The zero-order valence-corrected chi connectivity index (χ0v) is 10.7. The van der Waals surface area contributed by atoms with Crippen molar-refractivity contribution < 1.29 is 22.0 Å². The zero-order valence-electron chi connectivity index (χ0n) is 10.7. The maximum Gasteiger partial charge on any atom is 0.200 e. The predicted molar refractivity (Wildman–Crippen MR) is 62.5 cm³/mol. The summed E-state index contributed by atoms with van der Waals surface area (Å²) < 4.78 is 65.2. The van der Waals surface area contributed by atoms with Gasteiger partial charge in [-0.25, -0.2) is 22.0 Å². The number of rotatable bonds is 6. The Bertz CT molecular complexity index is 417. The summed E-state index contributed by atoms with van der Waals surface area (Å²) in [7, 11) is 0. The third-order valence-corrected chi connectivity index (χ3v) is 2.83. The minimum atomic E-state index is -2.15. The first kappa shape index (κ1) is 15.7. The van der Waals surface area contributed by atoms with E-state index >= 15 is 0 Å². The van der Waals surface area contributed by atoms with Crippen molar-refractivity contribution in [2.24, 2.45) is 0 Å². The number of anilines is 1. The van der Waals surface area contributed by atoms with Crippen LogP contribution in [0.4, 0.5) is 27.6 Å². The number of hydrogen-bond donors (Lipinski definition) is 1. The Labute approximate surface area is 108 Å². The summed E-state index contributed by atoms with van der Waals surface area (Å²) in [6.45, 7) is 5.79. The molecule has 0 aliphatic heterocycles. The molecule has 19 heavy (non-hydrogen) atoms. The average Bonchev–Trinajstić information content (AvgIpc) is 2.42. The molecule has 0 saturated carbocycles. The van der Waals surface area contributed by atoms with E-state index in [-0.39, 0.29) is 6.54 Å². The summed E-state index contributed by atoms with van der Waals surface area (Å²) in [4.78, 5) is 1.94. The zero-order chi connectivity index (χ0) is 14.6. The Kier molecular flexibility index (Phi) is 5.53. The van der Waals surface area contributed by atoms with Crippen molar-refractivity contribution in [3.05, 3.63) is 29.1 Å². The maximum atomic E-state index is 13.3. The molecule has 7 heteroatoms. The van der Waals surface area contributed by atoms with Crippen molar-refractivity contribution in [2.75, 3.05) is 31.5 Å². The van der Waals surface area contributed by atoms with Crippen LogP contribution in [0.25, 0.3) is 0 Å². The lowest BCUT2D eigenvalue weighted by Gasteiger charge is -2.19. The molecule has 108 valence electrons. The highest BCUT2D eigenvalue weighted by Crippen LogP contribution is 2.26. The summed E-state index contributed by atoms with van der Waals surface area (Å²) in [5.41, 5.74) is -0.983. The van der Waals surface area contributed by atoms with Gasteiger partial charge in [-0.05, 0) is 13.1 Å². The van der Waals surface area contributed by atoms with E-state index in [2.05, 4.69) is 5.32 Å². The third kappa shape index (κ3) is 3.34. The van der Waals surface area contributed by atoms with Crippen molar-refractivity contribution in [3.8, 4) is 0 Å². The van der Waals surface area contributed by atoms with Gasteiger partial charge >= 0.3 is 0 Å². The molecular weight excluding hydrogens is 267 g/mol. The summed E-state index contributed by atoms with van der Waals surface area (Å²) in [6, 6.07) is 0. The summed E-state index contributed by atoms with van der Waals surface area (Å²) in [5.74, 6) is -9.70. The molecule has 0 amide bonds. The van der Waals surface area contributed by atoms with Crippen molar-refractivity contribution in [3.63, 3.8) is 0 Å². The minimum Gasteiger partial charge on any atom is -0.379 e. The van der Waals surface area contributed by atoms with E-state index in [1.807, 2.05) is 18.7 Å². The Morgan fingerprint density at radius 3 is 1.63 bits per heavy atom. The predicted octanol–water partition coefficient (Wildman–Crippen LogP) is 3.14. The lowest BCUT2D eigenvalue weighted by atomic mass is 10.2. The Hall–Kier alpha value is -1.37. The Morgan fingerprint density at radius 2 is 1.21 bits per heavy atom. The second-order valence-corrected chi connectivity index (χ2v) is 3.90. The van der Waals surface area contributed by atoms with Crippen molar-refractivity contribution >= 4 is 5.69 Å². The van der Waals surface area contributed by atoms with Gasteiger partial charge in [0.05, 0.1) is 0 Å². The van der Waals surface area contributed by atoms with Crippen LogP contribution in [0.3, 0.4) is 0 Å². The fraction of sp³-hybridized carbons (Fsp3) is 0.500. The molecule has 1 rings (SSSR count). The second kappa shape index (κ2) is 6.70. The molecule has 1 aromatic rings. The standard InChI is InChI=1S/C12H15F5N2/c1-3-19(4-2)6-5-18-12-10(16)8(14)7(13)9(15)11(12)17/h18H,3-6H2,1-2H3. The van der Waals surface area contributed by atoms with E-state index in [9.17, 15) is 22.0 Å². The molecule has 0 aromatic heterocycles. The summed E-state index contributed by atoms with van der Waals surface area (Å²) in [6.07, 6.45) is 0. The fourth-order valence-corrected chi connectivity index (χ4v) is 1.64. The molecule has 1 aromatic carbocycles. The molecule has 0 aliphatic carbocycles. The number of nitrogens with zero attached hydrogens (tertiary/aromatic N) is 1. The van der Waals surface area contributed by atoms with Gasteiger partial charge in [0, 0.05) is 13.1 Å². The molecule has 0 radical (unpaired) electrons. The molecule has 1 N–H and O–H groups in total. The molecule has 0 atom stereocenters. The first-order chi connectivity index (χ1) is 8.93. The lowest BCUT2D eigenvalue weighted by Crippen LogP contribution is -2.29. The molecule has 0 bridgehead atoms. The van der Waals surface area contributed by atoms with Crippen LogP contribution in [-0.2, 0) is 0 Å². The van der Waals surface area contributed by atoms with Crippen LogP contribution in [0.15, 0.2) is 0 Å². The first-order valence-corrected chi connectivity index (χ1v) is 5.91. The highest BCUT2D eigenvalue weighted by atomic mass is 19.2. The third-order valence-electron chi connectivity index (χ3n) is 2.83. The number of nitrogens with one attached hydrogen (secondary N) is 1. The highest BCUT2D eigenvalue weighted by molar-refractivity contribution is 5.47. The smallest absolute Gasteiger partial charge is 0.200 e. The largest absolute Gasteiger partial charge is 0.379 e. The van der Waals surface area contributed by atoms with Crippen molar-refractivity contribution in [1.82, 2.24) is 4.90 Å². The first-order valence-electron chi connectivity index (χ1n) is 5.91.